The lowest BCUT2D eigenvalue weighted by atomic mass is 10.1. The lowest BCUT2D eigenvalue weighted by Crippen LogP contribution is -2.23. The maximum Gasteiger partial charge on any atom is 0.345 e. The number of cyclic esters (lactones) is 1. The third kappa shape index (κ3) is 2.98. The Morgan fingerprint density at radius 1 is 1.09 bits per heavy atom. The highest BCUT2D eigenvalue weighted by molar-refractivity contribution is 7.90. The summed E-state index contributed by atoms with van der Waals surface area (Å²) in [6, 6.07) is 11.2. The highest BCUT2D eigenvalue weighted by atomic mass is 32.2. The number of benzene rings is 2. The normalized spacial score (nSPS) is 16.9. The van der Waals surface area contributed by atoms with E-state index in [1.54, 1.807) is 36.4 Å². The van der Waals surface area contributed by atoms with Crippen LogP contribution < -0.4 is 4.74 Å². The van der Waals surface area contributed by atoms with Gasteiger partial charge in [0.2, 0.25) is 0 Å². The molecule has 0 bridgehead atoms. The minimum absolute atomic E-state index is 0.194. The molecule has 1 unspecified atom stereocenters. The molecule has 0 spiro atoms. The van der Waals surface area contributed by atoms with Gasteiger partial charge in [0.05, 0.1) is 4.90 Å². The van der Waals surface area contributed by atoms with E-state index in [-0.39, 0.29) is 4.90 Å². The fourth-order valence-electron chi connectivity index (χ4n) is 2.25. The van der Waals surface area contributed by atoms with E-state index in [9.17, 15) is 13.2 Å². The molecule has 0 radical (unpaired) electrons. The van der Waals surface area contributed by atoms with Crippen LogP contribution in [0.4, 0.5) is 0 Å². The van der Waals surface area contributed by atoms with Crippen LogP contribution in [0.3, 0.4) is 0 Å². The highest BCUT2D eigenvalue weighted by Gasteiger charge is 2.29. The number of ether oxygens (including phenoxy) is 2. The molecule has 2 aromatic carbocycles. The molecular weight excluding hydrogens is 316 g/mol. The highest BCUT2D eigenvalue weighted by Crippen LogP contribution is 2.34. The number of carbonyl (C=O) groups excluding carboxylic acids is 1. The zero-order valence-corrected chi connectivity index (χ0v) is 13.2. The first-order valence-electron chi connectivity index (χ1n) is 6.82. The Morgan fingerprint density at radius 2 is 1.78 bits per heavy atom. The molecular formula is C17H14O5S. The number of fused-ring (bicyclic) bond motifs is 1. The first-order valence-corrected chi connectivity index (χ1v) is 8.72. The molecule has 0 fully saturated rings. The summed E-state index contributed by atoms with van der Waals surface area (Å²) in [5.74, 6) is -0.0730. The van der Waals surface area contributed by atoms with Crippen LogP contribution in [-0.4, -0.2) is 20.6 Å². The smallest absolute Gasteiger partial charge is 0.345 e. The van der Waals surface area contributed by atoms with E-state index >= 15 is 0 Å². The monoisotopic (exact) mass is 330 g/mol. The van der Waals surface area contributed by atoms with Crippen LogP contribution in [0.15, 0.2) is 53.9 Å². The molecule has 118 valence electrons. The van der Waals surface area contributed by atoms with Crippen molar-refractivity contribution < 1.29 is 22.7 Å². The Hall–Kier alpha value is -2.60. The van der Waals surface area contributed by atoms with Crippen LogP contribution in [0.2, 0.25) is 0 Å². The van der Waals surface area contributed by atoms with Gasteiger partial charge in [0.25, 0.3) is 6.29 Å². The van der Waals surface area contributed by atoms with Gasteiger partial charge in [-0.05, 0) is 29.8 Å². The van der Waals surface area contributed by atoms with Crippen molar-refractivity contribution in [3.05, 3.63) is 65.7 Å². The van der Waals surface area contributed by atoms with Gasteiger partial charge in [-0.3, -0.25) is 0 Å². The maximum absolute atomic E-state index is 12.1. The Balaban J connectivity index is 1.91. The lowest BCUT2D eigenvalue weighted by molar-refractivity contribution is -0.0624. The second-order valence-corrected chi connectivity index (χ2v) is 7.17. The van der Waals surface area contributed by atoms with Crippen LogP contribution in [0.1, 0.15) is 27.8 Å². The zero-order valence-electron chi connectivity index (χ0n) is 12.4. The van der Waals surface area contributed by atoms with Gasteiger partial charge in [0, 0.05) is 11.8 Å². The molecule has 23 heavy (non-hydrogen) atoms. The van der Waals surface area contributed by atoms with E-state index in [2.05, 4.69) is 6.58 Å². The average Bonchev–Trinajstić information content (AvgIpc) is 2.54. The third-order valence-corrected chi connectivity index (χ3v) is 4.62. The number of rotatable bonds is 3. The molecule has 2 aromatic rings. The molecule has 0 saturated heterocycles. The summed E-state index contributed by atoms with van der Waals surface area (Å²) < 4.78 is 33.9. The average molecular weight is 330 g/mol. The Morgan fingerprint density at radius 3 is 2.39 bits per heavy atom. The number of sulfone groups is 1. The third-order valence-electron chi connectivity index (χ3n) is 3.49. The quantitative estimate of drug-likeness (QED) is 0.809. The summed E-state index contributed by atoms with van der Waals surface area (Å²) in [5.41, 5.74) is 1.69. The van der Waals surface area contributed by atoms with Gasteiger partial charge in [-0.1, -0.05) is 30.9 Å². The minimum atomic E-state index is -3.28. The topological polar surface area (TPSA) is 69.7 Å². The Kier molecular flexibility index (Phi) is 3.69. The van der Waals surface area contributed by atoms with E-state index in [0.29, 0.717) is 16.9 Å². The second kappa shape index (κ2) is 5.55. The molecule has 0 saturated carbocycles. The number of esters is 1. The van der Waals surface area contributed by atoms with Crippen molar-refractivity contribution in [2.75, 3.05) is 6.26 Å². The van der Waals surface area contributed by atoms with E-state index in [1.165, 1.54) is 12.1 Å². The van der Waals surface area contributed by atoms with E-state index in [1.807, 2.05) is 0 Å². The van der Waals surface area contributed by atoms with Crippen LogP contribution in [0, 0.1) is 0 Å². The van der Waals surface area contributed by atoms with Gasteiger partial charge < -0.3 is 9.47 Å². The molecule has 1 atom stereocenters. The molecule has 0 aliphatic carbocycles. The lowest BCUT2D eigenvalue weighted by Gasteiger charge is -2.26. The van der Waals surface area contributed by atoms with E-state index < -0.39 is 22.1 Å². The fourth-order valence-corrected chi connectivity index (χ4v) is 2.88. The number of hydrogen-bond donors (Lipinski definition) is 0. The Bertz CT molecular complexity index is 882. The summed E-state index contributed by atoms with van der Waals surface area (Å²) >= 11 is 0. The predicted octanol–water partition coefficient (Wildman–Crippen LogP) is 2.98. The number of hydrogen-bond acceptors (Lipinski definition) is 5. The molecule has 5 nitrogen and oxygen atoms in total. The van der Waals surface area contributed by atoms with Crippen LogP contribution in [0.5, 0.6) is 5.75 Å². The first kappa shape index (κ1) is 15.3. The summed E-state index contributed by atoms with van der Waals surface area (Å²) in [7, 11) is -3.28. The second-order valence-electron chi connectivity index (χ2n) is 5.16. The summed E-state index contributed by atoms with van der Waals surface area (Å²) in [6.45, 7) is 3.65. The predicted molar refractivity (Wildman–Crippen MR) is 84.9 cm³/mol. The van der Waals surface area contributed by atoms with Gasteiger partial charge in [-0.15, -0.1) is 0 Å². The maximum atomic E-state index is 12.1. The standard InChI is InChI=1S/C17H14O5S/c1-3-11-4-9-15-14(10-11)16(18)22-17(21-15)12-5-7-13(8-6-12)23(2,19)20/h3-10,17H,1H2,2H3. The summed E-state index contributed by atoms with van der Waals surface area (Å²) in [6.07, 6.45) is 1.86. The van der Waals surface area contributed by atoms with Crippen molar-refractivity contribution in [3.63, 3.8) is 0 Å². The Labute approximate surface area is 134 Å². The molecule has 0 aromatic heterocycles. The fraction of sp³-hybridized carbons (Fsp3) is 0.118. The van der Waals surface area contributed by atoms with Gasteiger partial charge in [-0.2, -0.15) is 0 Å². The van der Waals surface area contributed by atoms with Crippen molar-refractivity contribution >= 4 is 21.9 Å². The molecule has 0 amide bonds. The zero-order chi connectivity index (χ0) is 16.6. The number of carbonyl (C=O) groups is 1. The van der Waals surface area contributed by atoms with Crippen LogP contribution >= 0.6 is 0 Å². The molecule has 0 N–H and O–H groups in total. The molecule has 1 heterocycles. The molecule has 1 aliphatic heterocycles. The SMILES string of the molecule is C=Cc1ccc2c(c1)C(=O)OC(c1ccc(S(C)(=O)=O)cc1)O2. The van der Waals surface area contributed by atoms with E-state index in [4.69, 9.17) is 9.47 Å². The van der Waals surface area contributed by atoms with Crippen LogP contribution in [-0.2, 0) is 14.6 Å². The van der Waals surface area contributed by atoms with Gasteiger partial charge in [0.15, 0.2) is 9.84 Å². The van der Waals surface area contributed by atoms with Crippen molar-refractivity contribution in [1.29, 1.82) is 0 Å². The summed E-state index contributed by atoms with van der Waals surface area (Å²) in [4.78, 5) is 12.3. The van der Waals surface area contributed by atoms with Crippen molar-refractivity contribution in [2.45, 2.75) is 11.2 Å². The van der Waals surface area contributed by atoms with Crippen LogP contribution in [0.25, 0.3) is 6.08 Å². The van der Waals surface area contributed by atoms with Crippen molar-refractivity contribution in [3.8, 4) is 5.75 Å². The molecule has 3 rings (SSSR count). The molecule has 6 heteroatoms. The van der Waals surface area contributed by atoms with Gasteiger partial charge >= 0.3 is 5.97 Å². The minimum Gasteiger partial charge on any atom is -0.450 e. The largest absolute Gasteiger partial charge is 0.450 e. The van der Waals surface area contributed by atoms with Crippen molar-refractivity contribution in [1.82, 2.24) is 0 Å². The van der Waals surface area contributed by atoms with E-state index in [0.717, 1.165) is 11.8 Å². The first-order chi connectivity index (χ1) is 10.9. The molecule has 1 aliphatic rings. The summed E-state index contributed by atoms with van der Waals surface area (Å²) in [5, 5.41) is 0. The van der Waals surface area contributed by atoms with Crippen molar-refractivity contribution in [2.24, 2.45) is 0 Å². The van der Waals surface area contributed by atoms with Gasteiger partial charge in [0.1, 0.15) is 11.3 Å². The van der Waals surface area contributed by atoms with Gasteiger partial charge in [-0.25, -0.2) is 13.2 Å².